The molecule has 2 aromatic rings. The maximum absolute atomic E-state index is 13.3. The molecule has 0 saturated carbocycles. The molecule has 35 heavy (non-hydrogen) atoms. The zero-order chi connectivity index (χ0) is 25.6. The van der Waals surface area contributed by atoms with Crippen molar-refractivity contribution in [1.29, 1.82) is 0 Å². The van der Waals surface area contributed by atoms with Crippen molar-refractivity contribution >= 4 is 17.1 Å². The number of ether oxygens (including phenoxy) is 1. The van der Waals surface area contributed by atoms with Gasteiger partial charge in [-0.1, -0.05) is 46.8 Å². The Hall–Kier alpha value is -2.70. The van der Waals surface area contributed by atoms with Gasteiger partial charge in [0.05, 0.1) is 11.7 Å². The minimum absolute atomic E-state index is 0.131. The lowest BCUT2D eigenvalue weighted by Crippen LogP contribution is -2.38. The Kier molecular flexibility index (Phi) is 9.09. The van der Waals surface area contributed by atoms with Gasteiger partial charge in [-0.15, -0.1) is 0 Å². The van der Waals surface area contributed by atoms with Crippen molar-refractivity contribution in [3.63, 3.8) is 0 Å². The summed E-state index contributed by atoms with van der Waals surface area (Å²) < 4.78 is 46.2. The van der Waals surface area contributed by atoms with Crippen LogP contribution in [0.3, 0.4) is 0 Å². The van der Waals surface area contributed by atoms with E-state index in [-0.39, 0.29) is 12.1 Å². The van der Waals surface area contributed by atoms with Gasteiger partial charge in [0, 0.05) is 37.5 Å². The second kappa shape index (κ2) is 11.8. The highest BCUT2D eigenvalue weighted by molar-refractivity contribution is 5.95. The monoisotopic (exact) mass is 489 g/mol. The van der Waals surface area contributed by atoms with E-state index in [1.807, 2.05) is 32.9 Å². The van der Waals surface area contributed by atoms with E-state index in [1.165, 1.54) is 16.3 Å². The molecular formula is C28H38F3N3O. The molecule has 192 valence electrons. The Morgan fingerprint density at radius 2 is 1.63 bits per heavy atom. The van der Waals surface area contributed by atoms with Gasteiger partial charge >= 0.3 is 6.18 Å². The van der Waals surface area contributed by atoms with Crippen molar-refractivity contribution in [1.82, 2.24) is 0 Å². The Balaban J connectivity index is 0.00000167. The van der Waals surface area contributed by atoms with Gasteiger partial charge in [-0.3, -0.25) is 5.01 Å². The fraction of sp³-hybridized carbons (Fsp3) is 0.536. The predicted molar refractivity (Wildman–Crippen MR) is 139 cm³/mol. The average molecular weight is 490 g/mol. The molecule has 0 radical (unpaired) electrons. The third kappa shape index (κ3) is 6.30. The summed E-state index contributed by atoms with van der Waals surface area (Å²) in [6.07, 6.45) is -0.801. The number of alkyl halides is 3. The summed E-state index contributed by atoms with van der Waals surface area (Å²) in [5, 5.41) is 5.45. The van der Waals surface area contributed by atoms with Gasteiger partial charge in [-0.25, -0.2) is 0 Å². The maximum atomic E-state index is 13.3. The number of hydrazone groups is 1. The molecule has 0 aromatic heterocycles. The second-order valence-corrected chi connectivity index (χ2v) is 8.91. The molecule has 0 N–H and O–H groups in total. The largest absolute Gasteiger partial charge is 0.490 e. The van der Waals surface area contributed by atoms with Crippen molar-refractivity contribution in [3.05, 3.63) is 54.1 Å². The molecule has 2 aliphatic rings. The first kappa shape index (κ1) is 26.9. The molecule has 0 spiro atoms. The van der Waals surface area contributed by atoms with Gasteiger partial charge in [-0.2, -0.15) is 18.3 Å². The lowest BCUT2D eigenvalue weighted by atomic mass is 9.95. The zero-order valence-electron chi connectivity index (χ0n) is 21.5. The fourth-order valence-corrected chi connectivity index (χ4v) is 4.84. The van der Waals surface area contributed by atoms with Gasteiger partial charge < -0.3 is 9.64 Å². The van der Waals surface area contributed by atoms with E-state index in [4.69, 9.17) is 4.74 Å². The number of anilines is 2. The molecule has 4 nitrogen and oxygen atoms in total. The summed E-state index contributed by atoms with van der Waals surface area (Å²) in [6, 6.07) is 15.7. The quantitative estimate of drug-likeness (QED) is 0.421. The van der Waals surface area contributed by atoms with Crippen LogP contribution in [0.5, 0.6) is 5.75 Å². The Morgan fingerprint density at radius 1 is 0.971 bits per heavy atom. The third-order valence-electron chi connectivity index (χ3n) is 6.78. The van der Waals surface area contributed by atoms with E-state index in [0.29, 0.717) is 12.1 Å². The minimum Gasteiger partial charge on any atom is -0.490 e. The van der Waals surface area contributed by atoms with Crippen LogP contribution in [-0.2, 0) is 6.42 Å². The number of hydrogen-bond donors (Lipinski definition) is 0. The lowest BCUT2D eigenvalue weighted by Gasteiger charge is -2.34. The van der Waals surface area contributed by atoms with Crippen LogP contribution in [0.25, 0.3) is 0 Å². The van der Waals surface area contributed by atoms with Crippen molar-refractivity contribution in [2.45, 2.75) is 78.6 Å². The van der Waals surface area contributed by atoms with Crippen molar-refractivity contribution in [3.8, 4) is 5.75 Å². The lowest BCUT2D eigenvalue weighted by molar-refractivity contribution is -0.0620. The van der Waals surface area contributed by atoms with E-state index in [9.17, 15) is 13.2 Å². The molecule has 2 aliphatic heterocycles. The highest BCUT2D eigenvalue weighted by atomic mass is 19.4. The van der Waals surface area contributed by atoms with Gasteiger partial charge in [-0.05, 0) is 54.8 Å². The molecule has 0 aliphatic carbocycles. The predicted octanol–water partition coefficient (Wildman–Crippen LogP) is 7.48. The maximum Gasteiger partial charge on any atom is 0.431 e. The number of nitrogens with zero attached hydrogens (tertiary/aromatic N) is 3. The number of benzene rings is 2. The molecule has 2 atom stereocenters. The molecule has 7 heteroatoms. The van der Waals surface area contributed by atoms with Crippen LogP contribution in [0.2, 0.25) is 0 Å². The molecule has 0 bridgehead atoms. The van der Waals surface area contributed by atoms with E-state index >= 15 is 0 Å². The molecular weight excluding hydrogens is 451 g/mol. The normalized spacial score (nSPS) is 20.9. The smallest absolute Gasteiger partial charge is 0.431 e. The number of halogens is 3. The van der Waals surface area contributed by atoms with Crippen molar-refractivity contribution in [2.24, 2.45) is 11.0 Å². The molecule has 1 fully saturated rings. The first-order valence-electron chi connectivity index (χ1n) is 12.9. The van der Waals surface area contributed by atoms with Gasteiger partial charge in [0.2, 0.25) is 0 Å². The van der Waals surface area contributed by atoms with E-state index in [2.05, 4.69) is 41.2 Å². The molecule has 1 unspecified atom stereocenters. The number of aryl methyl sites for hydroxylation is 1. The number of rotatable bonds is 6. The standard InChI is InChI=1S/C26H32F3N3O.C2H6/c1-4-19-7-6-8-21(17-19)31-15-13-23(14-16-31)33-22-11-9-20(10-12-22)32-24(5-2)18(3)25(30-32)26(27,28)29;1-2/h6-12,17-18,23-24H,4-5,13-16H2,1-3H3;1-2H3/t18?,24-;/m0./s1. The van der Waals surface area contributed by atoms with Crippen molar-refractivity contribution < 1.29 is 17.9 Å². The highest BCUT2D eigenvalue weighted by Crippen LogP contribution is 2.36. The topological polar surface area (TPSA) is 28.1 Å². The van der Waals surface area contributed by atoms with Gasteiger partial charge in [0.15, 0.2) is 0 Å². The molecule has 4 rings (SSSR count). The molecule has 2 aromatic carbocycles. The molecule has 0 amide bonds. The summed E-state index contributed by atoms with van der Waals surface area (Å²) in [5.74, 6) is 0.0830. The van der Waals surface area contributed by atoms with Crippen LogP contribution in [0.1, 0.15) is 59.4 Å². The Bertz CT molecular complexity index is 966. The van der Waals surface area contributed by atoms with Crippen molar-refractivity contribution in [2.75, 3.05) is 23.0 Å². The van der Waals surface area contributed by atoms with Crippen LogP contribution in [0, 0.1) is 5.92 Å². The molecule has 1 saturated heterocycles. The first-order chi connectivity index (χ1) is 16.8. The van der Waals surface area contributed by atoms with E-state index in [1.54, 1.807) is 19.1 Å². The average Bonchev–Trinajstić information content (AvgIpc) is 3.23. The van der Waals surface area contributed by atoms with E-state index < -0.39 is 17.8 Å². The SMILES string of the molecule is CC.CCc1cccc(N2CCC(Oc3ccc(N4N=C(C(F)(F)F)C(C)[C@@H]4CC)cc3)CC2)c1. The highest BCUT2D eigenvalue weighted by Gasteiger charge is 2.47. The van der Waals surface area contributed by atoms with Gasteiger partial charge in [0.1, 0.15) is 17.6 Å². The van der Waals surface area contributed by atoms with Crippen LogP contribution in [-0.4, -0.2) is 37.1 Å². The molecule has 2 heterocycles. The zero-order valence-corrected chi connectivity index (χ0v) is 21.5. The van der Waals surface area contributed by atoms with Gasteiger partial charge in [0.25, 0.3) is 0 Å². The second-order valence-electron chi connectivity index (χ2n) is 8.91. The Labute approximate surface area is 207 Å². The summed E-state index contributed by atoms with van der Waals surface area (Å²) in [5.41, 5.74) is 2.56. The number of hydrogen-bond acceptors (Lipinski definition) is 4. The summed E-state index contributed by atoms with van der Waals surface area (Å²) in [6.45, 7) is 11.5. The fourth-order valence-electron chi connectivity index (χ4n) is 4.84. The minimum atomic E-state index is -4.41. The number of piperidine rings is 1. The van der Waals surface area contributed by atoms with Crippen LogP contribution in [0.15, 0.2) is 53.6 Å². The van der Waals surface area contributed by atoms with Crippen LogP contribution in [0.4, 0.5) is 24.5 Å². The summed E-state index contributed by atoms with van der Waals surface area (Å²) in [7, 11) is 0. The van der Waals surface area contributed by atoms with Crippen LogP contribution < -0.4 is 14.6 Å². The summed E-state index contributed by atoms with van der Waals surface area (Å²) >= 11 is 0. The first-order valence-corrected chi connectivity index (χ1v) is 12.9. The van der Waals surface area contributed by atoms with Crippen LogP contribution >= 0.6 is 0 Å². The summed E-state index contributed by atoms with van der Waals surface area (Å²) in [4.78, 5) is 2.40. The Morgan fingerprint density at radius 3 is 2.20 bits per heavy atom. The third-order valence-corrected chi connectivity index (χ3v) is 6.78. The van der Waals surface area contributed by atoms with E-state index in [0.717, 1.165) is 38.1 Å².